The van der Waals surface area contributed by atoms with Crippen LogP contribution >= 0.6 is 0 Å². The molecular formula is C13H21NO7. The van der Waals surface area contributed by atoms with Gasteiger partial charge < -0.3 is 24.5 Å². The lowest BCUT2D eigenvalue weighted by atomic mass is 9.71. The third kappa shape index (κ3) is 2.73. The van der Waals surface area contributed by atoms with Gasteiger partial charge in [0.1, 0.15) is 23.9 Å². The molecule has 120 valence electrons. The second-order valence-corrected chi connectivity index (χ2v) is 6.34. The molecule has 2 heterocycles. The number of aliphatic hydroxyl groups excluding tert-OH is 1. The van der Waals surface area contributed by atoms with Crippen molar-refractivity contribution in [3.8, 4) is 0 Å². The summed E-state index contributed by atoms with van der Waals surface area (Å²) in [6.45, 7) is 0.392. The Hall–Kier alpha value is -0.960. The molecule has 3 aliphatic rings. The summed E-state index contributed by atoms with van der Waals surface area (Å²) < 4.78 is 11.1. The fraction of sp³-hybridized carbons (Fsp3) is 1.00. The maximum absolute atomic E-state index is 11.0. The Balaban J connectivity index is 1.64. The first-order valence-electron chi connectivity index (χ1n) is 7.41. The Morgan fingerprint density at radius 1 is 1.38 bits per heavy atom. The van der Waals surface area contributed by atoms with E-state index in [9.17, 15) is 20.3 Å². The quantitative estimate of drug-likeness (QED) is 0.550. The fourth-order valence-corrected chi connectivity index (χ4v) is 3.95. The molecule has 8 nitrogen and oxygen atoms in total. The predicted molar refractivity (Wildman–Crippen MR) is 68.8 cm³/mol. The third-order valence-corrected chi connectivity index (χ3v) is 5.03. The monoisotopic (exact) mass is 303 g/mol. The van der Waals surface area contributed by atoms with Crippen molar-refractivity contribution in [2.24, 2.45) is 11.8 Å². The summed E-state index contributed by atoms with van der Waals surface area (Å²) in [5.74, 6) is 0.00968. The molecule has 2 N–H and O–H groups in total. The first kappa shape index (κ1) is 15.0. The molecule has 0 bridgehead atoms. The van der Waals surface area contributed by atoms with Crippen molar-refractivity contribution >= 4 is 0 Å². The van der Waals surface area contributed by atoms with Gasteiger partial charge >= 0.3 is 0 Å². The molecule has 8 heteroatoms. The number of aliphatic hydroxyl groups is 2. The fourth-order valence-electron chi connectivity index (χ4n) is 3.95. The summed E-state index contributed by atoms with van der Waals surface area (Å²) in [5, 5.41) is 30.3. The smallest absolute Gasteiger partial charge is 0.294 e. The van der Waals surface area contributed by atoms with Crippen LogP contribution in [0.3, 0.4) is 0 Å². The minimum Gasteiger partial charge on any atom is -0.388 e. The Labute approximate surface area is 122 Å². The minimum absolute atomic E-state index is 0.0492. The molecule has 2 saturated heterocycles. The molecule has 1 saturated carbocycles. The van der Waals surface area contributed by atoms with Crippen molar-refractivity contribution in [2.45, 2.75) is 49.6 Å². The molecule has 0 aromatic carbocycles. The molecule has 3 rings (SSSR count). The van der Waals surface area contributed by atoms with Gasteiger partial charge in [0.25, 0.3) is 5.09 Å². The average molecular weight is 303 g/mol. The number of ether oxygens (including phenoxy) is 2. The normalized spacial score (nSPS) is 46.3. The molecule has 2 unspecified atom stereocenters. The first-order valence-corrected chi connectivity index (χ1v) is 7.41. The summed E-state index contributed by atoms with van der Waals surface area (Å²) >= 11 is 0. The molecule has 1 aliphatic carbocycles. The van der Waals surface area contributed by atoms with Crippen LogP contribution in [0.1, 0.15) is 25.7 Å². The molecule has 21 heavy (non-hydrogen) atoms. The first-order chi connectivity index (χ1) is 10.0. The van der Waals surface area contributed by atoms with Crippen LogP contribution in [0.2, 0.25) is 0 Å². The van der Waals surface area contributed by atoms with Gasteiger partial charge in [-0.1, -0.05) is 6.42 Å². The van der Waals surface area contributed by atoms with Gasteiger partial charge in [-0.05, 0) is 31.1 Å². The number of nitrogens with zero attached hydrogens (tertiary/aromatic N) is 1. The zero-order valence-corrected chi connectivity index (χ0v) is 11.7. The van der Waals surface area contributed by atoms with E-state index in [0.717, 1.165) is 19.3 Å². The Morgan fingerprint density at radius 3 is 2.95 bits per heavy atom. The van der Waals surface area contributed by atoms with Gasteiger partial charge in [-0.25, -0.2) is 0 Å². The van der Waals surface area contributed by atoms with E-state index in [2.05, 4.69) is 4.84 Å². The molecule has 2 aliphatic heterocycles. The maximum atomic E-state index is 11.0. The standard InChI is InChI=1S/C13H21NO7/c15-10-6-19-12-11(10)20-7-13(12,16)9-3-1-2-8(4-9)5-21-14(17)18/h8-12,15-16H,1-7H2/t8?,9?,10-,11-,12+,13+/m1/s1. The van der Waals surface area contributed by atoms with Crippen LogP contribution in [0.15, 0.2) is 0 Å². The lowest BCUT2D eigenvalue weighted by Crippen LogP contribution is -2.51. The molecule has 6 atom stereocenters. The zero-order valence-electron chi connectivity index (χ0n) is 11.7. The maximum Gasteiger partial charge on any atom is 0.294 e. The number of rotatable bonds is 4. The van der Waals surface area contributed by atoms with Crippen LogP contribution in [0.5, 0.6) is 0 Å². The van der Waals surface area contributed by atoms with Crippen LogP contribution in [-0.4, -0.2) is 59.0 Å². The summed E-state index contributed by atoms with van der Waals surface area (Å²) in [5.41, 5.74) is -1.12. The predicted octanol–water partition coefficient (Wildman–Crippen LogP) is -0.109. The average Bonchev–Trinajstić information content (AvgIpc) is 3.00. The van der Waals surface area contributed by atoms with Crippen LogP contribution in [-0.2, 0) is 14.3 Å². The second-order valence-electron chi connectivity index (χ2n) is 6.34. The Bertz CT molecular complexity index is 406. The number of hydrogen-bond donors (Lipinski definition) is 2. The van der Waals surface area contributed by atoms with Gasteiger partial charge in [-0.2, -0.15) is 0 Å². The molecule has 0 aromatic rings. The van der Waals surface area contributed by atoms with Crippen molar-refractivity contribution in [1.29, 1.82) is 0 Å². The van der Waals surface area contributed by atoms with Crippen LogP contribution < -0.4 is 0 Å². The van der Waals surface area contributed by atoms with Crippen molar-refractivity contribution in [3.63, 3.8) is 0 Å². The summed E-state index contributed by atoms with van der Waals surface area (Å²) in [6.07, 6.45) is 1.56. The summed E-state index contributed by atoms with van der Waals surface area (Å²) in [6, 6.07) is 0. The Morgan fingerprint density at radius 2 is 2.19 bits per heavy atom. The Kier molecular flexibility index (Phi) is 4.04. The lowest BCUT2D eigenvalue weighted by Gasteiger charge is -2.40. The number of fused-ring (bicyclic) bond motifs is 1. The van der Waals surface area contributed by atoms with E-state index in [0.29, 0.717) is 6.42 Å². The lowest BCUT2D eigenvalue weighted by molar-refractivity contribution is -0.759. The van der Waals surface area contributed by atoms with Gasteiger partial charge in [0.05, 0.1) is 19.8 Å². The highest BCUT2D eigenvalue weighted by Crippen LogP contribution is 2.45. The molecule has 0 aromatic heterocycles. The van der Waals surface area contributed by atoms with Crippen LogP contribution in [0.4, 0.5) is 0 Å². The highest BCUT2D eigenvalue weighted by molar-refractivity contribution is 5.07. The van der Waals surface area contributed by atoms with Crippen molar-refractivity contribution in [1.82, 2.24) is 0 Å². The van der Waals surface area contributed by atoms with E-state index in [4.69, 9.17) is 9.47 Å². The van der Waals surface area contributed by atoms with Gasteiger partial charge in [0, 0.05) is 0 Å². The van der Waals surface area contributed by atoms with E-state index >= 15 is 0 Å². The topological polar surface area (TPSA) is 111 Å². The number of hydrogen-bond acceptors (Lipinski definition) is 7. The molecule has 0 radical (unpaired) electrons. The molecule has 0 spiro atoms. The highest BCUT2D eigenvalue weighted by atomic mass is 16.9. The zero-order chi connectivity index (χ0) is 15.0. The summed E-state index contributed by atoms with van der Waals surface area (Å²) in [4.78, 5) is 14.8. The third-order valence-electron chi connectivity index (χ3n) is 5.03. The summed E-state index contributed by atoms with van der Waals surface area (Å²) in [7, 11) is 0. The largest absolute Gasteiger partial charge is 0.388 e. The SMILES string of the molecule is O=[N+]([O-])OCC1CCCC([C@@]2(O)CO[C@@H]3[C@H](O)CO[C@@H]32)C1. The van der Waals surface area contributed by atoms with Gasteiger partial charge in [0.2, 0.25) is 0 Å². The van der Waals surface area contributed by atoms with E-state index < -0.39 is 29.0 Å². The molecule has 3 fully saturated rings. The van der Waals surface area contributed by atoms with Crippen molar-refractivity contribution < 1.29 is 29.6 Å². The molecular weight excluding hydrogens is 282 g/mol. The van der Waals surface area contributed by atoms with Crippen molar-refractivity contribution in [3.05, 3.63) is 10.1 Å². The van der Waals surface area contributed by atoms with Gasteiger partial charge in [-0.15, -0.1) is 10.1 Å². The van der Waals surface area contributed by atoms with Crippen molar-refractivity contribution in [2.75, 3.05) is 19.8 Å². The van der Waals surface area contributed by atoms with E-state index in [1.165, 1.54) is 0 Å². The second kappa shape index (κ2) is 5.68. The molecule has 0 amide bonds. The van der Waals surface area contributed by atoms with Crippen LogP contribution in [0, 0.1) is 22.0 Å². The van der Waals surface area contributed by atoms with Gasteiger partial charge in [0.15, 0.2) is 0 Å². The van der Waals surface area contributed by atoms with E-state index in [-0.39, 0.29) is 31.7 Å². The van der Waals surface area contributed by atoms with E-state index in [1.54, 1.807) is 0 Å². The van der Waals surface area contributed by atoms with Gasteiger partial charge in [-0.3, -0.25) is 0 Å². The van der Waals surface area contributed by atoms with E-state index in [1.807, 2.05) is 0 Å². The van der Waals surface area contributed by atoms with Crippen LogP contribution in [0.25, 0.3) is 0 Å². The highest BCUT2D eigenvalue weighted by Gasteiger charge is 2.59. The minimum atomic E-state index is -1.12.